The molecule has 106 valence electrons. The summed E-state index contributed by atoms with van der Waals surface area (Å²) in [5, 5.41) is 12.4. The van der Waals surface area contributed by atoms with Crippen molar-refractivity contribution in [2.24, 2.45) is 5.92 Å². The summed E-state index contributed by atoms with van der Waals surface area (Å²) in [6, 6.07) is 0. The monoisotopic (exact) mass is 277 g/mol. The molecule has 6 heteroatoms. The fourth-order valence-corrected chi connectivity index (χ4v) is 4.01. The molecular formula is C12H23NO4S. The molecule has 2 N–H and O–H groups in total. The molecule has 1 heterocycles. The first kappa shape index (κ1) is 14.2. The lowest BCUT2D eigenvalue weighted by Crippen LogP contribution is -2.37. The second kappa shape index (κ2) is 6.32. The highest BCUT2D eigenvalue weighted by Crippen LogP contribution is 2.28. The quantitative estimate of drug-likeness (QED) is 0.650. The second-order valence-electron chi connectivity index (χ2n) is 5.42. The highest BCUT2D eigenvalue weighted by Gasteiger charge is 2.30. The summed E-state index contributed by atoms with van der Waals surface area (Å²) in [6.45, 7) is 1.92. The molecule has 1 aliphatic carbocycles. The Bertz CT molecular complexity index is 353. The van der Waals surface area contributed by atoms with Crippen molar-refractivity contribution in [3.05, 3.63) is 0 Å². The maximum absolute atomic E-state index is 11.6. The smallest absolute Gasteiger partial charge is 0.154 e. The molecule has 18 heavy (non-hydrogen) atoms. The highest BCUT2D eigenvalue weighted by molar-refractivity contribution is 7.92. The standard InChI is InChI=1S/C12H23NO4S/c14-11(9-17-8-10-3-4-10)6-13-7-12-2-1-5-18(12,15)16/h10-14H,1-9H2. The van der Waals surface area contributed by atoms with Crippen LogP contribution < -0.4 is 5.32 Å². The van der Waals surface area contributed by atoms with Crippen LogP contribution in [0.2, 0.25) is 0 Å². The van der Waals surface area contributed by atoms with Crippen LogP contribution in [0.25, 0.3) is 0 Å². The van der Waals surface area contributed by atoms with Crippen molar-refractivity contribution in [3.63, 3.8) is 0 Å². The van der Waals surface area contributed by atoms with Gasteiger partial charge in [0.15, 0.2) is 9.84 Å². The zero-order chi connectivity index (χ0) is 13.0. The van der Waals surface area contributed by atoms with Gasteiger partial charge < -0.3 is 15.2 Å². The third kappa shape index (κ3) is 4.50. The van der Waals surface area contributed by atoms with E-state index in [4.69, 9.17) is 4.74 Å². The zero-order valence-corrected chi connectivity index (χ0v) is 11.5. The minimum Gasteiger partial charge on any atom is -0.389 e. The molecule has 0 radical (unpaired) electrons. The van der Waals surface area contributed by atoms with Gasteiger partial charge in [-0.15, -0.1) is 0 Å². The van der Waals surface area contributed by atoms with Gasteiger partial charge in [0.2, 0.25) is 0 Å². The van der Waals surface area contributed by atoms with Crippen LogP contribution in [0.15, 0.2) is 0 Å². The number of aliphatic hydroxyl groups excluding tert-OH is 1. The first-order chi connectivity index (χ1) is 8.58. The van der Waals surface area contributed by atoms with E-state index in [2.05, 4.69) is 5.32 Å². The fourth-order valence-electron chi connectivity index (χ4n) is 2.21. The molecule has 2 fully saturated rings. The largest absolute Gasteiger partial charge is 0.389 e. The Hall–Kier alpha value is -0.170. The predicted octanol–water partition coefficient (Wildman–Crippen LogP) is -0.0593. The molecule has 5 nitrogen and oxygen atoms in total. The Balaban J connectivity index is 1.53. The average molecular weight is 277 g/mol. The van der Waals surface area contributed by atoms with Gasteiger partial charge in [0.1, 0.15) is 0 Å². The molecule has 0 amide bonds. The van der Waals surface area contributed by atoms with E-state index in [1.54, 1.807) is 0 Å². The lowest BCUT2D eigenvalue weighted by Gasteiger charge is -2.14. The number of nitrogens with one attached hydrogen (secondary N) is 1. The van der Waals surface area contributed by atoms with E-state index in [0.29, 0.717) is 31.4 Å². The van der Waals surface area contributed by atoms with Crippen molar-refractivity contribution >= 4 is 9.84 Å². The van der Waals surface area contributed by atoms with Gasteiger partial charge in [0.25, 0.3) is 0 Å². The minimum atomic E-state index is -2.88. The first-order valence-corrected chi connectivity index (χ1v) is 8.47. The first-order valence-electron chi connectivity index (χ1n) is 6.76. The van der Waals surface area contributed by atoms with E-state index in [1.165, 1.54) is 12.8 Å². The van der Waals surface area contributed by atoms with Gasteiger partial charge in [0, 0.05) is 19.7 Å². The highest BCUT2D eigenvalue weighted by atomic mass is 32.2. The summed E-state index contributed by atoms with van der Waals surface area (Å²) in [5.74, 6) is 1.01. The van der Waals surface area contributed by atoms with Crippen LogP contribution in [0.5, 0.6) is 0 Å². The van der Waals surface area contributed by atoms with E-state index in [-0.39, 0.29) is 5.25 Å². The van der Waals surface area contributed by atoms with Crippen LogP contribution in [0.4, 0.5) is 0 Å². The van der Waals surface area contributed by atoms with Crippen molar-refractivity contribution < 1.29 is 18.3 Å². The normalized spacial score (nSPS) is 28.4. The Morgan fingerprint density at radius 3 is 2.72 bits per heavy atom. The number of hydrogen-bond acceptors (Lipinski definition) is 5. The molecule has 1 saturated heterocycles. The van der Waals surface area contributed by atoms with Gasteiger partial charge in [0.05, 0.1) is 23.7 Å². The SMILES string of the molecule is O=S1(=O)CCCC1CNCC(O)COCC1CC1. The van der Waals surface area contributed by atoms with Crippen LogP contribution in [0.3, 0.4) is 0 Å². The molecule has 0 aromatic heterocycles. The van der Waals surface area contributed by atoms with Crippen molar-refractivity contribution in [2.45, 2.75) is 37.0 Å². The van der Waals surface area contributed by atoms with E-state index < -0.39 is 15.9 Å². The van der Waals surface area contributed by atoms with Crippen LogP contribution >= 0.6 is 0 Å². The zero-order valence-electron chi connectivity index (χ0n) is 10.7. The summed E-state index contributed by atoms with van der Waals surface area (Å²) < 4.78 is 28.5. The molecule has 2 atom stereocenters. The van der Waals surface area contributed by atoms with E-state index in [9.17, 15) is 13.5 Å². The van der Waals surface area contributed by atoms with E-state index in [1.807, 2.05) is 0 Å². The molecule has 0 bridgehead atoms. The average Bonchev–Trinajstić information content (AvgIpc) is 3.05. The summed E-state index contributed by atoms with van der Waals surface area (Å²) >= 11 is 0. The van der Waals surface area contributed by atoms with Crippen LogP contribution in [-0.4, -0.2) is 56.9 Å². The molecule has 0 spiro atoms. The molecule has 2 rings (SSSR count). The topological polar surface area (TPSA) is 75.6 Å². The van der Waals surface area contributed by atoms with Crippen molar-refractivity contribution in [1.82, 2.24) is 5.32 Å². The number of sulfone groups is 1. The molecule has 1 saturated carbocycles. The number of hydrogen-bond donors (Lipinski definition) is 2. The lowest BCUT2D eigenvalue weighted by atomic mass is 10.2. The lowest BCUT2D eigenvalue weighted by molar-refractivity contribution is 0.0326. The maximum atomic E-state index is 11.6. The molecule has 1 aliphatic heterocycles. The Morgan fingerprint density at radius 2 is 2.11 bits per heavy atom. The van der Waals surface area contributed by atoms with Gasteiger partial charge in [-0.2, -0.15) is 0 Å². The van der Waals surface area contributed by atoms with Gasteiger partial charge in [-0.05, 0) is 31.6 Å². The maximum Gasteiger partial charge on any atom is 0.154 e. The van der Waals surface area contributed by atoms with Gasteiger partial charge >= 0.3 is 0 Å². The van der Waals surface area contributed by atoms with Crippen LogP contribution in [-0.2, 0) is 14.6 Å². The molecular weight excluding hydrogens is 254 g/mol. The molecule has 0 aromatic rings. The second-order valence-corrected chi connectivity index (χ2v) is 7.82. The summed E-state index contributed by atoms with van der Waals surface area (Å²) in [4.78, 5) is 0. The third-order valence-electron chi connectivity index (χ3n) is 3.58. The van der Waals surface area contributed by atoms with Crippen molar-refractivity contribution in [3.8, 4) is 0 Å². The van der Waals surface area contributed by atoms with Crippen molar-refractivity contribution in [2.75, 3.05) is 32.1 Å². The minimum absolute atomic E-state index is 0.267. The predicted molar refractivity (Wildman–Crippen MR) is 69.2 cm³/mol. The Labute approximate surface area is 109 Å². The Kier molecular flexibility index (Phi) is 5.00. The molecule has 0 aromatic carbocycles. The number of aliphatic hydroxyl groups is 1. The molecule has 2 unspecified atom stereocenters. The Morgan fingerprint density at radius 1 is 1.33 bits per heavy atom. The third-order valence-corrected chi connectivity index (χ3v) is 5.85. The molecule has 2 aliphatic rings. The van der Waals surface area contributed by atoms with E-state index >= 15 is 0 Å². The fraction of sp³-hybridized carbons (Fsp3) is 1.00. The van der Waals surface area contributed by atoms with Gasteiger partial charge in [-0.1, -0.05) is 0 Å². The number of rotatable bonds is 8. The van der Waals surface area contributed by atoms with Crippen molar-refractivity contribution in [1.29, 1.82) is 0 Å². The summed E-state index contributed by atoms with van der Waals surface area (Å²) in [7, 11) is -2.88. The van der Waals surface area contributed by atoms with Gasteiger partial charge in [-0.25, -0.2) is 8.42 Å². The number of ether oxygens (including phenoxy) is 1. The summed E-state index contributed by atoms with van der Waals surface area (Å²) in [5.41, 5.74) is 0. The summed E-state index contributed by atoms with van der Waals surface area (Å²) in [6.07, 6.45) is 3.44. The van der Waals surface area contributed by atoms with Gasteiger partial charge in [-0.3, -0.25) is 0 Å². The van der Waals surface area contributed by atoms with E-state index in [0.717, 1.165) is 19.4 Å². The van der Waals surface area contributed by atoms with Crippen LogP contribution in [0, 0.1) is 5.92 Å². The van der Waals surface area contributed by atoms with Crippen LogP contribution in [0.1, 0.15) is 25.7 Å².